The lowest BCUT2D eigenvalue weighted by Gasteiger charge is -2.25. The first-order valence-electron chi connectivity index (χ1n) is 11.2. The maximum absolute atomic E-state index is 6.01. The van der Waals surface area contributed by atoms with Gasteiger partial charge in [0.15, 0.2) is 17.3 Å². The van der Waals surface area contributed by atoms with Gasteiger partial charge in [0.1, 0.15) is 25.4 Å². The van der Waals surface area contributed by atoms with E-state index < -0.39 is 0 Å². The van der Waals surface area contributed by atoms with Crippen LogP contribution < -0.4 is 19.9 Å². The van der Waals surface area contributed by atoms with Gasteiger partial charge in [-0.2, -0.15) is 5.10 Å². The molecule has 9 heteroatoms. The Morgan fingerprint density at radius 3 is 2.62 bits per heavy atom. The molecule has 1 saturated heterocycles. The third-order valence-electron chi connectivity index (χ3n) is 6.02. The predicted octanol–water partition coefficient (Wildman–Crippen LogP) is 4.27. The Balaban J connectivity index is 1.31. The Morgan fingerprint density at radius 1 is 0.941 bits per heavy atom. The normalized spacial score (nSPS) is 17.1. The van der Waals surface area contributed by atoms with E-state index in [1.165, 1.54) is 11.9 Å². The van der Waals surface area contributed by atoms with Gasteiger partial charge in [0, 0.05) is 31.3 Å². The van der Waals surface area contributed by atoms with Crippen LogP contribution in [-0.2, 0) is 11.9 Å². The minimum Gasteiger partial charge on any atom is -0.485 e. The number of anilines is 3. The van der Waals surface area contributed by atoms with Gasteiger partial charge in [-0.3, -0.25) is 9.52 Å². The number of hydroxylamine groups is 1. The summed E-state index contributed by atoms with van der Waals surface area (Å²) in [5.74, 6) is 2.68. The van der Waals surface area contributed by atoms with Gasteiger partial charge in [-0.15, -0.1) is 0 Å². The fourth-order valence-corrected chi connectivity index (χ4v) is 4.42. The molecule has 2 aliphatic heterocycles. The Labute approximate surface area is 196 Å². The molecule has 2 aliphatic rings. The Bertz CT molecular complexity index is 1310. The molecule has 0 amide bonds. The van der Waals surface area contributed by atoms with Gasteiger partial charge in [-0.1, -0.05) is 30.3 Å². The van der Waals surface area contributed by atoms with E-state index in [9.17, 15) is 0 Å². The first kappa shape index (κ1) is 20.5. The molecule has 4 heterocycles. The molecule has 1 unspecified atom stereocenters. The number of rotatable bonds is 5. The number of nitrogens with one attached hydrogen (secondary N) is 1. The number of hydrogen-bond donors (Lipinski definition) is 1. The monoisotopic (exact) mass is 456 g/mol. The second-order valence-corrected chi connectivity index (χ2v) is 8.12. The molecule has 1 atom stereocenters. The van der Waals surface area contributed by atoms with Crippen LogP contribution in [0.2, 0.25) is 0 Å². The van der Waals surface area contributed by atoms with E-state index in [0.717, 1.165) is 23.4 Å². The predicted molar refractivity (Wildman–Crippen MR) is 127 cm³/mol. The van der Waals surface area contributed by atoms with E-state index in [-0.39, 0.29) is 6.04 Å². The highest BCUT2D eigenvalue weighted by Gasteiger charge is 2.29. The molecule has 0 spiro atoms. The molecule has 0 bridgehead atoms. The second-order valence-electron chi connectivity index (χ2n) is 8.12. The van der Waals surface area contributed by atoms with Crippen molar-refractivity contribution in [2.75, 3.05) is 30.2 Å². The number of benzene rings is 2. The van der Waals surface area contributed by atoms with Crippen LogP contribution in [0.5, 0.6) is 11.5 Å². The first-order chi connectivity index (χ1) is 16.8. The molecule has 9 nitrogen and oxygen atoms in total. The van der Waals surface area contributed by atoms with Crippen LogP contribution in [0.3, 0.4) is 0 Å². The lowest BCUT2D eigenvalue weighted by molar-refractivity contribution is 0.157. The van der Waals surface area contributed by atoms with E-state index in [4.69, 9.17) is 14.3 Å². The molecule has 0 radical (unpaired) electrons. The lowest BCUT2D eigenvalue weighted by atomic mass is 10.0. The smallest absolute Gasteiger partial charge is 0.185 e. The average Bonchev–Trinajstić information content (AvgIpc) is 3.54. The maximum atomic E-state index is 6.01. The number of aromatic nitrogens is 4. The number of ether oxygens (including phenoxy) is 2. The summed E-state index contributed by atoms with van der Waals surface area (Å²) in [6, 6.07) is 18.2. The van der Waals surface area contributed by atoms with Gasteiger partial charge < -0.3 is 14.8 Å². The van der Waals surface area contributed by atoms with Gasteiger partial charge in [0.2, 0.25) is 0 Å². The molecule has 2 aromatic carbocycles. The van der Waals surface area contributed by atoms with E-state index in [1.807, 2.05) is 59.3 Å². The van der Waals surface area contributed by atoms with Gasteiger partial charge in [0.25, 0.3) is 0 Å². The van der Waals surface area contributed by atoms with Crippen molar-refractivity contribution in [1.82, 2.24) is 19.7 Å². The zero-order valence-electron chi connectivity index (χ0n) is 18.7. The van der Waals surface area contributed by atoms with Crippen LogP contribution in [0, 0.1) is 0 Å². The lowest BCUT2D eigenvalue weighted by Crippen LogP contribution is -2.22. The topological polar surface area (TPSA) is 86.6 Å². The zero-order valence-corrected chi connectivity index (χ0v) is 18.7. The summed E-state index contributed by atoms with van der Waals surface area (Å²) in [5.41, 5.74) is 3.85. The molecule has 6 rings (SSSR count). The molecule has 0 saturated carbocycles. The van der Waals surface area contributed by atoms with Gasteiger partial charge in [-0.25, -0.2) is 15.0 Å². The largest absolute Gasteiger partial charge is 0.485 e. The molecular weight excluding hydrogens is 432 g/mol. The van der Waals surface area contributed by atoms with Crippen LogP contribution >= 0.6 is 0 Å². The highest BCUT2D eigenvalue weighted by atomic mass is 16.7. The van der Waals surface area contributed by atoms with E-state index >= 15 is 0 Å². The van der Waals surface area contributed by atoms with Crippen molar-refractivity contribution in [3.05, 3.63) is 72.7 Å². The summed E-state index contributed by atoms with van der Waals surface area (Å²) in [5, 5.41) is 9.52. The summed E-state index contributed by atoms with van der Waals surface area (Å²) >= 11 is 0. The zero-order chi connectivity index (χ0) is 22.9. The molecule has 0 aliphatic carbocycles. The second kappa shape index (κ2) is 8.68. The van der Waals surface area contributed by atoms with Crippen molar-refractivity contribution in [2.24, 2.45) is 7.05 Å². The summed E-state index contributed by atoms with van der Waals surface area (Å²) < 4.78 is 13.8. The fourth-order valence-electron chi connectivity index (χ4n) is 4.42. The van der Waals surface area contributed by atoms with Crippen LogP contribution in [0.25, 0.3) is 11.3 Å². The molecule has 1 fully saturated rings. The average molecular weight is 457 g/mol. The molecule has 4 aromatic rings. The van der Waals surface area contributed by atoms with Gasteiger partial charge in [0.05, 0.1) is 24.0 Å². The van der Waals surface area contributed by atoms with Crippen LogP contribution in [-0.4, -0.2) is 39.6 Å². The van der Waals surface area contributed by atoms with Crippen molar-refractivity contribution in [2.45, 2.75) is 12.5 Å². The highest BCUT2D eigenvalue weighted by molar-refractivity contribution is 5.80. The van der Waals surface area contributed by atoms with Crippen molar-refractivity contribution in [3.63, 3.8) is 0 Å². The van der Waals surface area contributed by atoms with Crippen LogP contribution in [0.1, 0.15) is 18.0 Å². The third-order valence-corrected chi connectivity index (χ3v) is 6.02. The van der Waals surface area contributed by atoms with E-state index in [2.05, 4.69) is 32.5 Å². The van der Waals surface area contributed by atoms with E-state index in [0.29, 0.717) is 43.0 Å². The van der Waals surface area contributed by atoms with Crippen LogP contribution in [0.15, 0.2) is 67.1 Å². The Kier molecular flexibility index (Phi) is 5.23. The standard InChI is InChI=1S/C25H24N6O3/c1-30-21(9-11-28-30)18-7-8-19(25-24(18)32-13-14-33-25)29-22-15-23(27-16-26-22)31-20(10-12-34-31)17-5-3-2-4-6-17/h2-9,11,15-16,20H,10,12-14H2,1H3,(H,26,27,29). The summed E-state index contributed by atoms with van der Waals surface area (Å²) in [6.07, 6.45) is 4.20. The number of hydrogen-bond acceptors (Lipinski definition) is 8. The van der Waals surface area contributed by atoms with Crippen molar-refractivity contribution >= 4 is 17.3 Å². The highest BCUT2D eigenvalue weighted by Crippen LogP contribution is 2.45. The van der Waals surface area contributed by atoms with Crippen molar-refractivity contribution in [1.29, 1.82) is 0 Å². The Hall–Kier alpha value is -4.11. The number of fused-ring (bicyclic) bond motifs is 1. The SMILES string of the molecule is Cn1nccc1-c1ccc(Nc2cc(N3OCCC3c3ccccc3)ncn2)c2c1OCCO2. The maximum Gasteiger partial charge on any atom is 0.185 e. The van der Waals surface area contributed by atoms with Crippen LogP contribution in [0.4, 0.5) is 17.3 Å². The first-order valence-corrected chi connectivity index (χ1v) is 11.2. The molecule has 1 N–H and O–H groups in total. The summed E-state index contributed by atoms with van der Waals surface area (Å²) in [7, 11) is 1.91. The molecule has 2 aromatic heterocycles. The summed E-state index contributed by atoms with van der Waals surface area (Å²) in [6.45, 7) is 1.61. The molecule has 34 heavy (non-hydrogen) atoms. The third kappa shape index (κ3) is 3.69. The molecule has 172 valence electrons. The minimum absolute atomic E-state index is 0.103. The van der Waals surface area contributed by atoms with Crippen molar-refractivity contribution in [3.8, 4) is 22.8 Å². The Morgan fingerprint density at radius 2 is 1.79 bits per heavy atom. The quantitative estimate of drug-likeness (QED) is 0.476. The fraction of sp³-hybridized carbons (Fsp3) is 0.240. The van der Waals surface area contributed by atoms with Gasteiger partial charge in [-0.05, 0) is 23.8 Å². The van der Waals surface area contributed by atoms with E-state index in [1.54, 1.807) is 6.20 Å². The van der Waals surface area contributed by atoms with Gasteiger partial charge >= 0.3 is 0 Å². The molecular formula is C25H24N6O3. The minimum atomic E-state index is 0.103. The number of nitrogens with zero attached hydrogens (tertiary/aromatic N) is 5. The summed E-state index contributed by atoms with van der Waals surface area (Å²) in [4.78, 5) is 14.8. The number of aryl methyl sites for hydroxylation is 1. The van der Waals surface area contributed by atoms with Crippen molar-refractivity contribution < 1.29 is 14.3 Å².